The minimum absolute atomic E-state index is 0. The number of ether oxygens (including phenoxy) is 1. The van der Waals surface area contributed by atoms with Crippen molar-refractivity contribution in [1.82, 2.24) is 15.5 Å². The molecule has 178 valence electrons. The number of rotatable bonds is 12. The maximum atomic E-state index is 5.59. The van der Waals surface area contributed by atoms with E-state index in [1.807, 2.05) is 19.2 Å². The van der Waals surface area contributed by atoms with Crippen molar-refractivity contribution in [2.75, 3.05) is 64.4 Å². The van der Waals surface area contributed by atoms with Gasteiger partial charge in [0.1, 0.15) is 12.4 Å². The van der Waals surface area contributed by atoms with Gasteiger partial charge in [0, 0.05) is 58.6 Å². The molecule has 1 aliphatic heterocycles. The molecule has 0 spiro atoms. The van der Waals surface area contributed by atoms with Crippen LogP contribution < -0.4 is 15.5 Å². The molecular formula is C24H38IN5O2. The Balaban J connectivity index is 0.00000363. The monoisotopic (exact) mass is 555 g/mol. The molecule has 0 unspecified atom stereocenters. The summed E-state index contributed by atoms with van der Waals surface area (Å²) < 4.78 is 10.8. The molecule has 1 fully saturated rings. The molecular weight excluding hydrogens is 517 g/mol. The molecule has 7 nitrogen and oxygen atoms in total. The fourth-order valence-corrected chi connectivity index (χ4v) is 3.70. The Morgan fingerprint density at radius 2 is 1.72 bits per heavy atom. The Labute approximate surface area is 209 Å². The fourth-order valence-electron chi connectivity index (χ4n) is 3.70. The van der Waals surface area contributed by atoms with Gasteiger partial charge in [-0.15, -0.1) is 24.0 Å². The van der Waals surface area contributed by atoms with Crippen LogP contribution in [0.25, 0.3) is 0 Å². The zero-order chi connectivity index (χ0) is 21.6. The molecule has 0 amide bonds. The van der Waals surface area contributed by atoms with Gasteiger partial charge in [-0.25, -0.2) is 0 Å². The lowest BCUT2D eigenvalue weighted by molar-refractivity contribution is 0.105. The number of unbranched alkanes of at least 4 members (excludes halogenated alkanes) is 1. The van der Waals surface area contributed by atoms with Crippen molar-refractivity contribution in [2.45, 2.75) is 25.9 Å². The lowest BCUT2D eigenvalue weighted by atomic mass is 10.2. The summed E-state index contributed by atoms with van der Waals surface area (Å²) in [5.41, 5.74) is 1.34. The van der Waals surface area contributed by atoms with Gasteiger partial charge in [0.15, 0.2) is 5.96 Å². The van der Waals surface area contributed by atoms with Crippen molar-refractivity contribution < 1.29 is 9.15 Å². The van der Waals surface area contributed by atoms with Crippen molar-refractivity contribution in [3.05, 3.63) is 54.5 Å². The number of nitrogens with zero attached hydrogens (tertiary/aromatic N) is 3. The van der Waals surface area contributed by atoms with Gasteiger partial charge in [-0.05, 0) is 50.1 Å². The van der Waals surface area contributed by atoms with E-state index in [1.54, 1.807) is 6.26 Å². The summed E-state index contributed by atoms with van der Waals surface area (Å²) >= 11 is 0. The number of furan rings is 1. The third kappa shape index (κ3) is 9.79. The smallest absolute Gasteiger partial charge is 0.190 e. The molecule has 0 atom stereocenters. The summed E-state index contributed by atoms with van der Waals surface area (Å²) in [7, 11) is 1.81. The molecule has 2 N–H and O–H groups in total. The van der Waals surface area contributed by atoms with Gasteiger partial charge in [-0.2, -0.15) is 0 Å². The molecule has 32 heavy (non-hydrogen) atoms. The molecule has 8 heteroatoms. The molecule has 0 aliphatic carbocycles. The zero-order valence-corrected chi connectivity index (χ0v) is 21.5. The maximum Gasteiger partial charge on any atom is 0.190 e. The van der Waals surface area contributed by atoms with Gasteiger partial charge in [0.05, 0.1) is 6.26 Å². The van der Waals surface area contributed by atoms with Crippen LogP contribution in [0.5, 0.6) is 0 Å². The van der Waals surface area contributed by atoms with Crippen molar-refractivity contribution in [1.29, 1.82) is 0 Å². The van der Waals surface area contributed by atoms with E-state index < -0.39 is 0 Å². The Bertz CT molecular complexity index is 734. The lowest BCUT2D eigenvalue weighted by Gasteiger charge is -2.36. The van der Waals surface area contributed by atoms with Gasteiger partial charge in [-0.1, -0.05) is 18.2 Å². The van der Waals surface area contributed by atoms with Gasteiger partial charge in [0.25, 0.3) is 0 Å². The predicted octanol–water partition coefficient (Wildman–Crippen LogP) is 3.57. The molecule has 1 aromatic heterocycles. The standard InChI is InChI=1S/C24H37N5O2.HI/c1-25-24(27-13-8-19-30-21-23-11-7-20-31-23)26-12-5-6-14-28-15-17-29(18-16-28)22-9-3-2-4-10-22;/h2-4,7,9-11,20H,5-6,8,12-19,21H2,1H3,(H2,25,26,27);1H. The Morgan fingerprint density at radius 3 is 2.41 bits per heavy atom. The SMILES string of the molecule is CN=C(NCCCCN1CCN(c2ccccc2)CC1)NCCCOCc1ccco1.I. The number of benzene rings is 1. The minimum atomic E-state index is 0. The number of anilines is 1. The first-order chi connectivity index (χ1) is 15.3. The second kappa shape index (κ2) is 15.9. The summed E-state index contributed by atoms with van der Waals surface area (Å²) in [5, 5.41) is 6.75. The van der Waals surface area contributed by atoms with E-state index in [9.17, 15) is 0 Å². The van der Waals surface area contributed by atoms with Gasteiger partial charge < -0.3 is 24.7 Å². The highest BCUT2D eigenvalue weighted by Crippen LogP contribution is 2.15. The summed E-state index contributed by atoms with van der Waals surface area (Å²) in [5.74, 6) is 1.73. The van der Waals surface area contributed by atoms with Crippen LogP contribution in [0.15, 0.2) is 58.1 Å². The third-order valence-corrected chi connectivity index (χ3v) is 5.49. The van der Waals surface area contributed by atoms with Crippen molar-refractivity contribution in [3.8, 4) is 0 Å². The van der Waals surface area contributed by atoms with Crippen LogP contribution in [0.2, 0.25) is 0 Å². The van der Waals surface area contributed by atoms with Crippen LogP contribution in [0.3, 0.4) is 0 Å². The van der Waals surface area contributed by atoms with E-state index >= 15 is 0 Å². The largest absolute Gasteiger partial charge is 0.467 e. The summed E-state index contributed by atoms with van der Waals surface area (Å²) in [4.78, 5) is 9.35. The van der Waals surface area contributed by atoms with Crippen LogP contribution in [0.4, 0.5) is 5.69 Å². The second-order valence-electron chi connectivity index (χ2n) is 7.78. The fraction of sp³-hybridized carbons (Fsp3) is 0.542. The first-order valence-electron chi connectivity index (χ1n) is 11.4. The highest BCUT2D eigenvalue weighted by Gasteiger charge is 2.16. The van der Waals surface area contributed by atoms with Crippen LogP contribution in [0, 0.1) is 0 Å². The number of piperazine rings is 1. The van der Waals surface area contributed by atoms with E-state index in [4.69, 9.17) is 9.15 Å². The Hall–Kier alpha value is -1.78. The second-order valence-corrected chi connectivity index (χ2v) is 7.78. The number of halogens is 1. The number of aliphatic imine (C=N–C) groups is 1. The third-order valence-electron chi connectivity index (χ3n) is 5.49. The highest BCUT2D eigenvalue weighted by atomic mass is 127. The van der Waals surface area contributed by atoms with Gasteiger partial charge in [-0.3, -0.25) is 9.89 Å². The average molecular weight is 556 g/mol. The zero-order valence-electron chi connectivity index (χ0n) is 19.2. The first-order valence-corrected chi connectivity index (χ1v) is 11.4. The van der Waals surface area contributed by atoms with E-state index in [0.29, 0.717) is 13.2 Å². The Morgan fingerprint density at radius 1 is 0.969 bits per heavy atom. The maximum absolute atomic E-state index is 5.59. The van der Waals surface area contributed by atoms with Crippen LogP contribution in [-0.2, 0) is 11.3 Å². The molecule has 1 aliphatic rings. The minimum Gasteiger partial charge on any atom is -0.467 e. The highest BCUT2D eigenvalue weighted by molar-refractivity contribution is 14.0. The molecule has 1 aromatic carbocycles. The quantitative estimate of drug-likeness (QED) is 0.181. The summed E-state index contributed by atoms with van der Waals surface area (Å²) in [6.07, 6.45) is 4.94. The van der Waals surface area contributed by atoms with Crippen molar-refractivity contribution in [2.24, 2.45) is 4.99 Å². The van der Waals surface area contributed by atoms with Gasteiger partial charge >= 0.3 is 0 Å². The van der Waals surface area contributed by atoms with Crippen molar-refractivity contribution in [3.63, 3.8) is 0 Å². The molecule has 3 rings (SSSR count). The van der Waals surface area contributed by atoms with E-state index in [2.05, 4.69) is 55.8 Å². The van der Waals surface area contributed by atoms with Crippen LogP contribution in [-0.4, -0.2) is 70.3 Å². The average Bonchev–Trinajstić information content (AvgIpc) is 3.34. The Kier molecular flexibility index (Phi) is 13.2. The number of hydrogen-bond acceptors (Lipinski definition) is 5. The molecule has 0 radical (unpaired) electrons. The predicted molar refractivity (Wildman–Crippen MR) is 142 cm³/mol. The molecule has 2 aromatic rings. The molecule has 1 saturated heterocycles. The first kappa shape index (κ1) is 26.5. The number of para-hydroxylation sites is 1. The molecule has 2 heterocycles. The van der Waals surface area contributed by atoms with Crippen LogP contribution >= 0.6 is 24.0 Å². The normalized spacial score (nSPS) is 14.8. The lowest BCUT2D eigenvalue weighted by Crippen LogP contribution is -2.46. The summed E-state index contributed by atoms with van der Waals surface area (Å²) in [6, 6.07) is 14.5. The van der Waals surface area contributed by atoms with Crippen molar-refractivity contribution >= 4 is 35.6 Å². The topological polar surface area (TPSA) is 65.3 Å². The van der Waals surface area contributed by atoms with Crippen LogP contribution in [0.1, 0.15) is 25.0 Å². The van der Waals surface area contributed by atoms with Gasteiger partial charge in [0.2, 0.25) is 0 Å². The van der Waals surface area contributed by atoms with E-state index in [1.165, 1.54) is 18.7 Å². The van der Waals surface area contributed by atoms with E-state index in [0.717, 1.165) is 63.8 Å². The number of guanidine groups is 1. The molecule has 0 saturated carbocycles. The number of hydrogen-bond donors (Lipinski definition) is 2. The number of nitrogens with one attached hydrogen (secondary N) is 2. The van der Waals surface area contributed by atoms with E-state index in [-0.39, 0.29) is 24.0 Å². The summed E-state index contributed by atoms with van der Waals surface area (Å²) in [6.45, 7) is 8.70. The molecule has 0 bridgehead atoms.